The highest BCUT2D eigenvalue weighted by Crippen LogP contribution is 2.41. The summed E-state index contributed by atoms with van der Waals surface area (Å²) in [6.07, 6.45) is 3.35. The van der Waals surface area contributed by atoms with Crippen LogP contribution < -0.4 is 20.7 Å². The van der Waals surface area contributed by atoms with Gasteiger partial charge in [0, 0.05) is 48.3 Å². The number of amides is 2. The Kier molecular flexibility index (Phi) is 7.62. The van der Waals surface area contributed by atoms with E-state index in [4.69, 9.17) is 4.74 Å². The van der Waals surface area contributed by atoms with Crippen molar-refractivity contribution >= 4 is 34.8 Å². The van der Waals surface area contributed by atoms with Crippen molar-refractivity contribution in [2.24, 2.45) is 0 Å². The number of nitrogens with one attached hydrogen (secondary N) is 4. The van der Waals surface area contributed by atoms with Gasteiger partial charge in [-0.3, -0.25) is 9.59 Å². The highest BCUT2D eigenvalue weighted by Gasteiger charge is 2.30. The third kappa shape index (κ3) is 4.95. The van der Waals surface area contributed by atoms with Crippen molar-refractivity contribution in [1.82, 2.24) is 20.2 Å². The van der Waals surface area contributed by atoms with E-state index < -0.39 is 11.7 Å². The number of aryl methyl sites for hydroxylation is 1. The summed E-state index contributed by atoms with van der Waals surface area (Å²) < 4.78 is 20.9. The fraction of sp³-hybridized carbons (Fsp3) is 0.367. The summed E-state index contributed by atoms with van der Waals surface area (Å²) in [4.78, 5) is 35.9. The lowest BCUT2D eigenvalue weighted by atomic mass is 9.96. The predicted octanol–water partition coefficient (Wildman–Crippen LogP) is 4.51. The van der Waals surface area contributed by atoms with Crippen LogP contribution in [0.5, 0.6) is 5.88 Å². The van der Waals surface area contributed by atoms with Crippen molar-refractivity contribution in [3.05, 3.63) is 57.8 Å². The summed E-state index contributed by atoms with van der Waals surface area (Å²) in [5.74, 6) is -0.575. The van der Waals surface area contributed by atoms with Crippen LogP contribution in [0.1, 0.15) is 52.3 Å². The molecule has 0 saturated heterocycles. The molecule has 10 heteroatoms. The van der Waals surface area contributed by atoms with Gasteiger partial charge in [0.2, 0.25) is 5.88 Å². The highest BCUT2D eigenvalue weighted by atomic mass is 19.1. The van der Waals surface area contributed by atoms with E-state index in [0.717, 1.165) is 42.0 Å². The van der Waals surface area contributed by atoms with Gasteiger partial charge in [-0.05, 0) is 68.8 Å². The fourth-order valence-corrected chi connectivity index (χ4v) is 5.42. The van der Waals surface area contributed by atoms with E-state index in [1.165, 1.54) is 6.07 Å². The molecule has 0 fully saturated rings. The third-order valence-electron chi connectivity index (χ3n) is 7.72. The molecule has 2 aromatic heterocycles. The summed E-state index contributed by atoms with van der Waals surface area (Å²) in [5, 5.41) is 8.97. The van der Waals surface area contributed by atoms with Gasteiger partial charge >= 0.3 is 0 Å². The molecule has 4 heterocycles. The van der Waals surface area contributed by atoms with Crippen LogP contribution in [0.15, 0.2) is 18.3 Å². The van der Waals surface area contributed by atoms with Crippen molar-refractivity contribution in [3.63, 3.8) is 0 Å². The van der Waals surface area contributed by atoms with Gasteiger partial charge in [0.25, 0.3) is 11.8 Å². The largest absolute Gasteiger partial charge is 0.474 e. The van der Waals surface area contributed by atoms with Crippen LogP contribution in [0.2, 0.25) is 0 Å². The smallest absolute Gasteiger partial charge is 0.256 e. The average molecular weight is 547 g/mol. The number of benzene rings is 1. The van der Waals surface area contributed by atoms with E-state index in [-0.39, 0.29) is 11.6 Å². The maximum Gasteiger partial charge on any atom is 0.256 e. The molecule has 0 saturated carbocycles. The Labute approximate surface area is 233 Å². The van der Waals surface area contributed by atoms with Crippen molar-refractivity contribution in [3.8, 4) is 17.0 Å². The van der Waals surface area contributed by atoms with E-state index in [2.05, 4.69) is 44.7 Å². The third-order valence-corrected chi connectivity index (χ3v) is 7.72. The van der Waals surface area contributed by atoms with Gasteiger partial charge in [0.1, 0.15) is 18.1 Å². The second kappa shape index (κ2) is 11.1. The summed E-state index contributed by atoms with van der Waals surface area (Å²) in [6.45, 7) is 14.1. The van der Waals surface area contributed by atoms with Gasteiger partial charge in [0.05, 0.1) is 16.8 Å². The molecule has 0 unspecified atom stereocenters. The first-order valence-electron chi connectivity index (χ1n) is 13.7. The summed E-state index contributed by atoms with van der Waals surface area (Å²) in [5.41, 5.74) is 6.54. The Balaban J connectivity index is 1.47. The standard InChI is InChI=1S/C30H35FN6O3/c1-6-37(7-2)10-8-33-29(39)25-17(4)24(35-18(25)5)14-21-20-12-19(13-23(31)27(20)36-28(21)38)22-15-34-30-26(16(22)3)32-9-11-40-30/h12-15,32,35H,6-11H2,1-5H3,(H,33,39)(H,36,38)/b21-14-. The Morgan fingerprint density at radius 3 is 2.67 bits per heavy atom. The Morgan fingerprint density at radius 2 is 1.93 bits per heavy atom. The monoisotopic (exact) mass is 546 g/mol. The van der Waals surface area contributed by atoms with Crippen LogP contribution in [-0.2, 0) is 4.79 Å². The molecule has 2 aliphatic rings. The maximum atomic E-state index is 15.3. The molecule has 0 radical (unpaired) electrons. The highest BCUT2D eigenvalue weighted by molar-refractivity contribution is 6.35. The van der Waals surface area contributed by atoms with Crippen molar-refractivity contribution in [1.29, 1.82) is 0 Å². The minimum Gasteiger partial charge on any atom is -0.474 e. The quantitative estimate of drug-likeness (QED) is 0.310. The van der Waals surface area contributed by atoms with E-state index in [1.807, 2.05) is 20.8 Å². The Morgan fingerprint density at radius 1 is 1.15 bits per heavy atom. The number of H-pyrrole nitrogens is 1. The first-order valence-corrected chi connectivity index (χ1v) is 13.7. The number of aromatic amines is 1. The zero-order chi connectivity index (χ0) is 28.6. The lowest BCUT2D eigenvalue weighted by molar-refractivity contribution is -0.110. The molecular formula is C30H35FN6O3. The first-order chi connectivity index (χ1) is 19.2. The summed E-state index contributed by atoms with van der Waals surface area (Å²) >= 11 is 0. The van der Waals surface area contributed by atoms with Gasteiger partial charge in [0.15, 0.2) is 0 Å². The Bertz CT molecular complexity index is 1520. The number of halogens is 1. The minimum atomic E-state index is -0.529. The number of ether oxygens (including phenoxy) is 1. The van der Waals surface area contributed by atoms with Crippen LogP contribution in [0, 0.1) is 26.6 Å². The molecule has 0 atom stereocenters. The summed E-state index contributed by atoms with van der Waals surface area (Å²) in [6, 6.07) is 3.21. The van der Waals surface area contributed by atoms with Crippen molar-refractivity contribution in [2.75, 3.05) is 50.0 Å². The number of hydrogen-bond donors (Lipinski definition) is 4. The lowest BCUT2D eigenvalue weighted by Crippen LogP contribution is -2.35. The van der Waals surface area contributed by atoms with Gasteiger partial charge in [-0.2, -0.15) is 0 Å². The molecule has 0 spiro atoms. The van der Waals surface area contributed by atoms with Crippen LogP contribution in [0.4, 0.5) is 15.8 Å². The van der Waals surface area contributed by atoms with E-state index in [0.29, 0.717) is 59.2 Å². The lowest BCUT2D eigenvalue weighted by Gasteiger charge is -2.21. The van der Waals surface area contributed by atoms with E-state index >= 15 is 4.39 Å². The number of aromatic nitrogens is 2. The molecule has 0 aliphatic carbocycles. The van der Waals surface area contributed by atoms with Crippen molar-refractivity contribution < 1.29 is 18.7 Å². The molecule has 9 nitrogen and oxygen atoms in total. The molecule has 3 aromatic rings. The molecule has 40 heavy (non-hydrogen) atoms. The number of rotatable bonds is 8. The van der Waals surface area contributed by atoms with Crippen LogP contribution >= 0.6 is 0 Å². The summed E-state index contributed by atoms with van der Waals surface area (Å²) in [7, 11) is 0. The Hall–Kier alpha value is -4.18. The average Bonchev–Trinajstić information content (AvgIpc) is 3.41. The molecule has 0 bridgehead atoms. The zero-order valence-corrected chi connectivity index (χ0v) is 23.5. The molecule has 210 valence electrons. The van der Waals surface area contributed by atoms with Gasteiger partial charge < -0.3 is 30.6 Å². The van der Waals surface area contributed by atoms with Crippen LogP contribution in [-0.4, -0.2) is 66.0 Å². The first kappa shape index (κ1) is 27.4. The predicted molar refractivity (Wildman–Crippen MR) is 155 cm³/mol. The number of carbonyl (C=O) groups excluding carboxylic acids is 2. The number of anilines is 2. The second-order valence-electron chi connectivity index (χ2n) is 10.1. The van der Waals surface area contributed by atoms with E-state index in [1.54, 1.807) is 18.3 Å². The number of carbonyl (C=O) groups is 2. The topological polar surface area (TPSA) is 111 Å². The van der Waals surface area contributed by atoms with Crippen LogP contribution in [0.3, 0.4) is 0 Å². The molecule has 5 rings (SSSR count). The normalized spacial score (nSPS) is 15.0. The number of likely N-dealkylation sites (N-methyl/N-ethyl adjacent to an activating group) is 1. The number of nitrogens with zero attached hydrogens (tertiary/aromatic N) is 2. The SMILES string of the molecule is CCN(CC)CCNC(=O)c1c(C)[nH]c(/C=C2\C(=O)Nc3c(F)cc(-c4cnc5c(c4C)NCCO5)cc32)c1C. The second-order valence-corrected chi connectivity index (χ2v) is 10.1. The van der Waals surface area contributed by atoms with Gasteiger partial charge in [-0.15, -0.1) is 0 Å². The van der Waals surface area contributed by atoms with Gasteiger partial charge in [-0.1, -0.05) is 13.8 Å². The number of fused-ring (bicyclic) bond motifs is 2. The maximum absolute atomic E-state index is 15.3. The number of hydrogen-bond acceptors (Lipinski definition) is 6. The number of pyridine rings is 1. The molecule has 2 amide bonds. The van der Waals surface area contributed by atoms with Crippen molar-refractivity contribution in [2.45, 2.75) is 34.6 Å². The minimum absolute atomic E-state index is 0.139. The molecule has 2 aliphatic heterocycles. The molecule has 1 aromatic carbocycles. The van der Waals surface area contributed by atoms with E-state index in [9.17, 15) is 9.59 Å². The molecular weight excluding hydrogens is 511 g/mol. The van der Waals surface area contributed by atoms with Crippen LogP contribution in [0.25, 0.3) is 22.8 Å². The zero-order valence-electron chi connectivity index (χ0n) is 23.5. The van der Waals surface area contributed by atoms with Gasteiger partial charge in [-0.25, -0.2) is 9.37 Å². The molecule has 4 N–H and O–H groups in total. The fourth-order valence-electron chi connectivity index (χ4n) is 5.42.